The molecule has 0 unspecified atom stereocenters. The average Bonchev–Trinajstić information content (AvgIpc) is 2.49. The molecule has 0 atom stereocenters. The summed E-state index contributed by atoms with van der Waals surface area (Å²) in [4.78, 5) is 0. The van der Waals surface area contributed by atoms with Crippen LogP contribution in [-0.2, 0) is 11.3 Å². The van der Waals surface area contributed by atoms with E-state index in [0.717, 1.165) is 11.1 Å². The summed E-state index contributed by atoms with van der Waals surface area (Å²) in [6.07, 6.45) is 3.98. The third kappa shape index (κ3) is 4.24. The van der Waals surface area contributed by atoms with Crippen molar-refractivity contribution in [3.63, 3.8) is 0 Å². The van der Waals surface area contributed by atoms with E-state index in [-0.39, 0.29) is 0 Å². The normalized spacial score (nSPS) is 10.6. The quantitative estimate of drug-likeness (QED) is 0.760. The second-order valence-corrected chi connectivity index (χ2v) is 4.65. The van der Waals surface area contributed by atoms with Crippen LogP contribution in [0.1, 0.15) is 16.7 Å². The van der Waals surface area contributed by atoms with Crippen molar-refractivity contribution in [2.75, 3.05) is 6.61 Å². The number of ether oxygens (including phenoxy) is 1. The topological polar surface area (TPSA) is 33.0 Å². The predicted molar refractivity (Wildman–Crippen MR) is 81.3 cm³/mol. The number of nitrogens with zero attached hydrogens (tertiary/aromatic N) is 1. The van der Waals surface area contributed by atoms with Crippen molar-refractivity contribution in [3.05, 3.63) is 76.3 Å². The van der Waals surface area contributed by atoms with Crippen LogP contribution >= 0.6 is 11.6 Å². The molecule has 0 saturated carbocycles. The van der Waals surface area contributed by atoms with Crippen molar-refractivity contribution in [3.8, 4) is 6.07 Å². The first-order valence-electron chi connectivity index (χ1n) is 6.27. The second-order valence-electron chi connectivity index (χ2n) is 4.25. The zero-order chi connectivity index (χ0) is 14.2. The van der Waals surface area contributed by atoms with Crippen LogP contribution in [0, 0.1) is 11.3 Å². The first kappa shape index (κ1) is 14.3. The molecule has 0 N–H and O–H groups in total. The van der Waals surface area contributed by atoms with Crippen LogP contribution in [0.4, 0.5) is 0 Å². The lowest BCUT2D eigenvalue weighted by molar-refractivity contribution is 0.149. The van der Waals surface area contributed by atoms with Gasteiger partial charge in [0.15, 0.2) is 0 Å². The molecule has 0 aliphatic heterocycles. The molecule has 0 spiro atoms. The molecule has 0 heterocycles. The molecule has 0 aliphatic rings. The molecule has 100 valence electrons. The van der Waals surface area contributed by atoms with E-state index >= 15 is 0 Å². The third-order valence-corrected chi connectivity index (χ3v) is 3.12. The standard InChI is InChI=1S/C17H14ClNO/c18-17-11-15(12-19)8-9-16(17)13-20-10-4-7-14-5-2-1-3-6-14/h1-9,11H,10,13H2/b7-4+. The van der Waals surface area contributed by atoms with Gasteiger partial charge in [-0.25, -0.2) is 0 Å². The number of halogens is 1. The summed E-state index contributed by atoms with van der Waals surface area (Å²) >= 11 is 6.07. The summed E-state index contributed by atoms with van der Waals surface area (Å²) in [5.41, 5.74) is 2.59. The van der Waals surface area contributed by atoms with Crippen LogP contribution in [-0.4, -0.2) is 6.61 Å². The Morgan fingerprint density at radius 2 is 1.95 bits per heavy atom. The highest BCUT2D eigenvalue weighted by molar-refractivity contribution is 6.31. The van der Waals surface area contributed by atoms with Gasteiger partial charge in [0.25, 0.3) is 0 Å². The molecule has 20 heavy (non-hydrogen) atoms. The lowest BCUT2D eigenvalue weighted by atomic mass is 10.1. The summed E-state index contributed by atoms with van der Waals surface area (Å²) in [6, 6.07) is 17.3. The molecule has 0 radical (unpaired) electrons. The molecule has 0 fully saturated rings. The van der Waals surface area contributed by atoms with E-state index in [0.29, 0.717) is 23.8 Å². The van der Waals surface area contributed by atoms with Gasteiger partial charge >= 0.3 is 0 Å². The van der Waals surface area contributed by atoms with Gasteiger partial charge in [-0.1, -0.05) is 60.2 Å². The minimum Gasteiger partial charge on any atom is -0.373 e. The van der Waals surface area contributed by atoms with Gasteiger partial charge in [0.1, 0.15) is 0 Å². The Hall–Kier alpha value is -2.08. The Morgan fingerprint density at radius 3 is 2.65 bits per heavy atom. The maximum atomic E-state index is 8.76. The Balaban J connectivity index is 1.82. The molecule has 2 rings (SSSR count). The maximum absolute atomic E-state index is 8.76. The van der Waals surface area contributed by atoms with E-state index in [9.17, 15) is 0 Å². The van der Waals surface area contributed by atoms with Crippen LogP contribution < -0.4 is 0 Å². The maximum Gasteiger partial charge on any atom is 0.0992 e. The summed E-state index contributed by atoms with van der Waals surface area (Å²) in [7, 11) is 0. The highest BCUT2D eigenvalue weighted by Crippen LogP contribution is 2.18. The van der Waals surface area contributed by atoms with E-state index in [4.69, 9.17) is 21.6 Å². The van der Waals surface area contributed by atoms with E-state index in [1.807, 2.05) is 48.6 Å². The molecular weight excluding hydrogens is 270 g/mol. The zero-order valence-corrected chi connectivity index (χ0v) is 11.7. The minimum atomic E-state index is 0.434. The first-order chi connectivity index (χ1) is 9.79. The molecule has 3 heteroatoms. The van der Waals surface area contributed by atoms with E-state index in [1.54, 1.807) is 12.1 Å². The van der Waals surface area contributed by atoms with Gasteiger partial charge in [-0.2, -0.15) is 5.26 Å². The summed E-state index contributed by atoms with van der Waals surface area (Å²) in [5.74, 6) is 0. The van der Waals surface area contributed by atoms with Crippen LogP contribution in [0.3, 0.4) is 0 Å². The fourth-order valence-electron chi connectivity index (χ4n) is 1.72. The minimum absolute atomic E-state index is 0.434. The van der Waals surface area contributed by atoms with Crippen LogP contribution in [0.5, 0.6) is 0 Å². The van der Waals surface area contributed by atoms with Crippen LogP contribution in [0.15, 0.2) is 54.6 Å². The Labute approximate surface area is 123 Å². The van der Waals surface area contributed by atoms with Crippen LogP contribution in [0.25, 0.3) is 6.08 Å². The molecule has 2 aromatic rings. The number of hydrogen-bond acceptors (Lipinski definition) is 2. The smallest absolute Gasteiger partial charge is 0.0992 e. The highest BCUT2D eigenvalue weighted by Gasteiger charge is 2.01. The SMILES string of the molecule is N#Cc1ccc(COC/C=C/c2ccccc2)c(Cl)c1. The molecular formula is C17H14ClNO. The predicted octanol–water partition coefficient (Wildman–Crippen LogP) is 4.44. The highest BCUT2D eigenvalue weighted by atomic mass is 35.5. The van der Waals surface area contributed by atoms with Crippen molar-refractivity contribution in [2.45, 2.75) is 6.61 Å². The molecule has 0 bridgehead atoms. The van der Waals surface area contributed by atoms with Crippen molar-refractivity contribution >= 4 is 17.7 Å². The Bertz CT molecular complexity index is 629. The van der Waals surface area contributed by atoms with Crippen molar-refractivity contribution < 1.29 is 4.74 Å². The molecule has 0 amide bonds. The van der Waals surface area contributed by atoms with E-state index in [1.165, 1.54) is 0 Å². The van der Waals surface area contributed by atoms with E-state index < -0.39 is 0 Å². The monoisotopic (exact) mass is 283 g/mol. The van der Waals surface area contributed by atoms with Gasteiger partial charge in [-0.15, -0.1) is 0 Å². The molecule has 0 aromatic heterocycles. The molecule has 2 aromatic carbocycles. The number of benzene rings is 2. The van der Waals surface area contributed by atoms with Crippen LogP contribution in [0.2, 0.25) is 5.02 Å². The number of rotatable bonds is 5. The lowest BCUT2D eigenvalue weighted by Crippen LogP contribution is -1.94. The van der Waals surface area contributed by atoms with Gasteiger partial charge in [0.05, 0.1) is 24.8 Å². The van der Waals surface area contributed by atoms with Gasteiger partial charge in [-0.05, 0) is 23.3 Å². The van der Waals surface area contributed by atoms with Gasteiger partial charge in [-0.3, -0.25) is 0 Å². The summed E-state index contributed by atoms with van der Waals surface area (Å²) < 4.78 is 5.54. The van der Waals surface area contributed by atoms with Gasteiger partial charge < -0.3 is 4.74 Å². The average molecular weight is 284 g/mol. The summed E-state index contributed by atoms with van der Waals surface area (Å²) in [5, 5.41) is 9.32. The molecule has 0 aliphatic carbocycles. The molecule has 2 nitrogen and oxygen atoms in total. The van der Waals surface area contributed by atoms with Crippen molar-refractivity contribution in [2.24, 2.45) is 0 Å². The lowest BCUT2D eigenvalue weighted by Gasteiger charge is -2.04. The van der Waals surface area contributed by atoms with Gasteiger partial charge in [0.2, 0.25) is 0 Å². The van der Waals surface area contributed by atoms with Crippen molar-refractivity contribution in [1.82, 2.24) is 0 Å². The Morgan fingerprint density at radius 1 is 1.15 bits per heavy atom. The molecule has 0 saturated heterocycles. The fourth-order valence-corrected chi connectivity index (χ4v) is 1.95. The van der Waals surface area contributed by atoms with Gasteiger partial charge in [0, 0.05) is 5.02 Å². The first-order valence-corrected chi connectivity index (χ1v) is 6.65. The Kier molecular flexibility index (Phi) is 5.37. The second kappa shape index (κ2) is 7.49. The zero-order valence-electron chi connectivity index (χ0n) is 10.9. The van der Waals surface area contributed by atoms with Crippen molar-refractivity contribution in [1.29, 1.82) is 5.26 Å². The van der Waals surface area contributed by atoms with E-state index in [2.05, 4.69) is 6.07 Å². The number of nitriles is 1. The largest absolute Gasteiger partial charge is 0.373 e. The number of hydrogen-bond donors (Lipinski definition) is 0. The fraction of sp³-hybridized carbons (Fsp3) is 0.118. The third-order valence-electron chi connectivity index (χ3n) is 2.76. The summed E-state index contributed by atoms with van der Waals surface area (Å²) in [6.45, 7) is 0.953.